The largest absolute Gasteiger partial charge is 0.355 e. The van der Waals surface area contributed by atoms with E-state index in [0.29, 0.717) is 17.6 Å². The third-order valence-corrected chi connectivity index (χ3v) is 6.12. The minimum absolute atomic E-state index is 0.599. The van der Waals surface area contributed by atoms with Crippen LogP contribution in [0, 0.1) is 11.3 Å². The summed E-state index contributed by atoms with van der Waals surface area (Å²) in [5, 5.41) is 12.5. The van der Waals surface area contributed by atoms with Gasteiger partial charge < -0.3 is 10.2 Å². The van der Waals surface area contributed by atoms with E-state index in [-0.39, 0.29) is 0 Å². The van der Waals surface area contributed by atoms with Crippen LogP contribution >= 0.6 is 0 Å². The number of nitrogens with one attached hydrogen (secondary N) is 1. The second-order valence-corrected chi connectivity index (χ2v) is 8.74. The topological polar surface area (TPSA) is 68.1 Å². The van der Waals surface area contributed by atoms with E-state index in [1.54, 1.807) is 6.07 Å². The standard InChI is InChI=1S/C26H38N6/c1-4-7-14-31(15-8-5-2)24-13-16-32(20-24)25-18-22(10-6-3)28-26(30-25)29-23-12-9-11-21(17-23)19-27/h9,11-12,17-18,24H,4-8,10,13-16,20H2,1-3H3,(H,28,29,30). The minimum Gasteiger partial charge on any atom is -0.355 e. The molecule has 0 saturated carbocycles. The Bertz CT molecular complexity index is 882. The first-order chi connectivity index (χ1) is 15.7. The fourth-order valence-electron chi connectivity index (χ4n) is 4.33. The van der Waals surface area contributed by atoms with Crippen molar-refractivity contribution >= 4 is 17.5 Å². The lowest BCUT2D eigenvalue weighted by Crippen LogP contribution is -2.39. The van der Waals surface area contributed by atoms with Gasteiger partial charge in [0.2, 0.25) is 5.95 Å². The van der Waals surface area contributed by atoms with Crippen molar-refractivity contribution in [1.82, 2.24) is 14.9 Å². The van der Waals surface area contributed by atoms with Crippen LogP contribution in [0.3, 0.4) is 0 Å². The number of benzene rings is 1. The number of rotatable bonds is 12. The molecule has 1 aliphatic heterocycles. The molecule has 1 N–H and O–H groups in total. The number of hydrogen-bond acceptors (Lipinski definition) is 6. The van der Waals surface area contributed by atoms with E-state index in [1.165, 1.54) is 45.2 Å². The first-order valence-electron chi connectivity index (χ1n) is 12.3. The van der Waals surface area contributed by atoms with Crippen LogP contribution < -0.4 is 10.2 Å². The highest BCUT2D eigenvalue weighted by Gasteiger charge is 2.28. The second kappa shape index (κ2) is 12.4. The maximum absolute atomic E-state index is 9.19. The molecule has 0 bridgehead atoms. The van der Waals surface area contributed by atoms with Gasteiger partial charge in [0.15, 0.2) is 0 Å². The lowest BCUT2D eigenvalue weighted by atomic mass is 10.1. The van der Waals surface area contributed by atoms with Gasteiger partial charge >= 0.3 is 0 Å². The first kappa shape index (κ1) is 24.0. The smallest absolute Gasteiger partial charge is 0.229 e. The Balaban J connectivity index is 1.77. The Morgan fingerprint density at radius 3 is 2.56 bits per heavy atom. The summed E-state index contributed by atoms with van der Waals surface area (Å²) in [5.74, 6) is 1.62. The molecule has 1 aromatic heterocycles. The predicted molar refractivity (Wildman–Crippen MR) is 132 cm³/mol. The maximum Gasteiger partial charge on any atom is 0.229 e. The Kier molecular flexibility index (Phi) is 9.30. The molecular formula is C26H38N6. The van der Waals surface area contributed by atoms with Crippen LogP contribution in [0.5, 0.6) is 0 Å². The normalized spacial score (nSPS) is 15.8. The number of anilines is 3. The monoisotopic (exact) mass is 434 g/mol. The lowest BCUT2D eigenvalue weighted by Gasteiger charge is -2.29. The maximum atomic E-state index is 9.19. The summed E-state index contributed by atoms with van der Waals surface area (Å²) in [6, 6.07) is 12.4. The zero-order valence-corrected chi connectivity index (χ0v) is 20.0. The van der Waals surface area contributed by atoms with E-state index >= 15 is 0 Å². The zero-order valence-electron chi connectivity index (χ0n) is 20.0. The summed E-state index contributed by atoms with van der Waals surface area (Å²) < 4.78 is 0. The van der Waals surface area contributed by atoms with Gasteiger partial charge in [0.05, 0.1) is 11.6 Å². The Hall–Kier alpha value is -2.65. The average Bonchev–Trinajstić information content (AvgIpc) is 3.30. The molecule has 3 rings (SSSR count). The summed E-state index contributed by atoms with van der Waals surface area (Å²) in [5.41, 5.74) is 2.53. The van der Waals surface area contributed by atoms with Gasteiger partial charge in [-0.05, 0) is 57.0 Å². The van der Waals surface area contributed by atoms with Gasteiger partial charge in [-0.15, -0.1) is 0 Å². The summed E-state index contributed by atoms with van der Waals surface area (Å²) in [7, 11) is 0. The van der Waals surface area contributed by atoms with Crippen molar-refractivity contribution in [2.45, 2.75) is 71.8 Å². The predicted octanol–water partition coefficient (Wildman–Crippen LogP) is 5.53. The van der Waals surface area contributed by atoms with Gasteiger partial charge in [-0.3, -0.25) is 4.90 Å². The van der Waals surface area contributed by atoms with Crippen LogP contribution in [-0.2, 0) is 6.42 Å². The van der Waals surface area contributed by atoms with Crippen molar-refractivity contribution in [2.75, 3.05) is 36.4 Å². The molecule has 0 aliphatic carbocycles. The van der Waals surface area contributed by atoms with Crippen molar-refractivity contribution in [3.05, 3.63) is 41.6 Å². The number of hydrogen-bond donors (Lipinski definition) is 1. The number of nitriles is 1. The summed E-state index contributed by atoms with van der Waals surface area (Å²) in [6.45, 7) is 11.2. The second-order valence-electron chi connectivity index (χ2n) is 8.74. The molecule has 1 saturated heterocycles. The van der Waals surface area contributed by atoms with Gasteiger partial charge in [-0.25, -0.2) is 4.98 Å². The van der Waals surface area contributed by atoms with Crippen molar-refractivity contribution in [3.8, 4) is 6.07 Å². The zero-order chi connectivity index (χ0) is 22.8. The Labute approximate surface area is 193 Å². The molecule has 6 nitrogen and oxygen atoms in total. The third-order valence-electron chi connectivity index (χ3n) is 6.12. The van der Waals surface area contributed by atoms with Crippen molar-refractivity contribution < 1.29 is 0 Å². The molecule has 6 heteroatoms. The minimum atomic E-state index is 0.599. The fraction of sp³-hybridized carbons (Fsp3) is 0.577. The average molecular weight is 435 g/mol. The van der Waals surface area contributed by atoms with Crippen LogP contribution in [0.2, 0.25) is 0 Å². The fourth-order valence-corrected chi connectivity index (χ4v) is 4.33. The number of nitrogens with zero attached hydrogens (tertiary/aromatic N) is 5. The van der Waals surface area contributed by atoms with E-state index in [1.807, 2.05) is 18.2 Å². The molecule has 2 heterocycles. The third kappa shape index (κ3) is 6.67. The van der Waals surface area contributed by atoms with E-state index in [2.05, 4.69) is 48.0 Å². The molecule has 32 heavy (non-hydrogen) atoms. The van der Waals surface area contributed by atoms with Crippen LogP contribution in [0.15, 0.2) is 30.3 Å². The van der Waals surface area contributed by atoms with Crippen LogP contribution in [0.1, 0.15) is 70.6 Å². The quantitative estimate of drug-likeness (QED) is 0.474. The number of aryl methyl sites for hydroxylation is 1. The molecule has 1 aliphatic rings. The molecule has 1 fully saturated rings. The SMILES string of the molecule is CCCCN(CCCC)C1CCN(c2cc(CCC)nc(Nc3cccc(C#N)c3)n2)C1. The highest BCUT2D eigenvalue weighted by molar-refractivity contribution is 5.58. The van der Waals surface area contributed by atoms with Gasteiger partial charge in [0.25, 0.3) is 0 Å². The van der Waals surface area contributed by atoms with Gasteiger partial charge in [-0.2, -0.15) is 10.2 Å². The molecule has 0 radical (unpaired) electrons. The van der Waals surface area contributed by atoms with Gasteiger partial charge in [0, 0.05) is 36.6 Å². The molecule has 0 spiro atoms. The van der Waals surface area contributed by atoms with Crippen molar-refractivity contribution in [1.29, 1.82) is 5.26 Å². The van der Waals surface area contributed by atoms with E-state index in [4.69, 9.17) is 9.97 Å². The number of unbranched alkanes of at least 4 members (excludes halogenated alkanes) is 2. The van der Waals surface area contributed by atoms with E-state index < -0.39 is 0 Å². The molecular weight excluding hydrogens is 396 g/mol. The highest BCUT2D eigenvalue weighted by atomic mass is 15.3. The summed E-state index contributed by atoms with van der Waals surface area (Å²) in [4.78, 5) is 14.7. The molecule has 172 valence electrons. The van der Waals surface area contributed by atoms with Crippen molar-refractivity contribution in [2.24, 2.45) is 0 Å². The van der Waals surface area contributed by atoms with Crippen LogP contribution in [0.25, 0.3) is 0 Å². The first-order valence-corrected chi connectivity index (χ1v) is 12.3. The Morgan fingerprint density at radius 1 is 1.09 bits per heavy atom. The summed E-state index contributed by atoms with van der Waals surface area (Å²) >= 11 is 0. The Morgan fingerprint density at radius 2 is 1.88 bits per heavy atom. The van der Waals surface area contributed by atoms with E-state index in [0.717, 1.165) is 43.1 Å². The molecule has 1 atom stereocenters. The molecule has 1 unspecified atom stereocenters. The van der Waals surface area contributed by atoms with Crippen LogP contribution in [-0.4, -0.2) is 47.1 Å². The molecule has 2 aromatic rings. The van der Waals surface area contributed by atoms with Crippen LogP contribution in [0.4, 0.5) is 17.5 Å². The highest BCUT2D eigenvalue weighted by Crippen LogP contribution is 2.25. The van der Waals surface area contributed by atoms with E-state index in [9.17, 15) is 5.26 Å². The molecule has 1 aromatic carbocycles. The summed E-state index contributed by atoms with van der Waals surface area (Å²) in [6.07, 6.45) is 8.19. The number of aromatic nitrogens is 2. The van der Waals surface area contributed by atoms with Gasteiger partial charge in [-0.1, -0.05) is 46.1 Å². The van der Waals surface area contributed by atoms with Gasteiger partial charge in [0.1, 0.15) is 5.82 Å². The van der Waals surface area contributed by atoms with Crippen molar-refractivity contribution in [3.63, 3.8) is 0 Å². The lowest BCUT2D eigenvalue weighted by molar-refractivity contribution is 0.203. The molecule has 0 amide bonds.